The number of rotatable bonds is 9. The molecular formula is C26H22F3NO5S. The number of alkyl halides is 3. The Balaban J connectivity index is 1.50. The Kier molecular flexibility index (Phi) is 7.64. The highest BCUT2D eigenvalue weighted by atomic mass is 32.2. The van der Waals surface area contributed by atoms with Crippen molar-refractivity contribution in [3.63, 3.8) is 0 Å². The van der Waals surface area contributed by atoms with Crippen molar-refractivity contribution in [1.82, 2.24) is 5.32 Å². The molecule has 3 aromatic carbocycles. The van der Waals surface area contributed by atoms with E-state index in [1.165, 1.54) is 23.9 Å². The van der Waals surface area contributed by atoms with Gasteiger partial charge in [-0.15, -0.1) is 0 Å². The van der Waals surface area contributed by atoms with E-state index in [2.05, 4.69) is 5.32 Å². The minimum Gasteiger partial charge on any atom is -0.497 e. The summed E-state index contributed by atoms with van der Waals surface area (Å²) in [6, 6.07) is 19.0. The topological polar surface area (TPSA) is 77.0 Å². The van der Waals surface area contributed by atoms with E-state index in [-0.39, 0.29) is 12.0 Å². The van der Waals surface area contributed by atoms with Crippen LogP contribution in [0.5, 0.6) is 17.2 Å². The first-order valence-electron chi connectivity index (χ1n) is 10.8. The summed E-state index contributed by atoms with van der Waals surface area (Å²) in [7, 11) is 1.57. The molecule has 0 radical (unpaired) electrons. The number of carboxylic acid groups (broad SMARTS) is 1. The lowest BCUT2D eigenvalue weighted by Gasteiger charge is -2.14. The van der Waals surface area contributed by atoms with Crippen LogP contribution in [-0.4, -0.2) is 36.8 Å². The second kappa shape index (κ2) is 10.9. The van der Waals surface area contributed by atoms with Crippen molar-refractivity contribution in [3.8, 4) is 17.2 Å². The molecule has 0 bridgehead atoms. The van der Waals surface area contributed by atoms with Gasteiger partial charge in [0.2, 0.25) is 0 Å². The molecular weight excluding hydrogens is 495 g/mol. The smallest absolute Gasteiger partial charge is 0.416 e. The zero-order valence-electron chi connectivity index (χ0n) is 19.0. The average Bonchev–Trinajstić information content (AvgIpc) is 3.31. The Morgan fingerprint density at radius 2 is 1.44 bits per heavy atom. The molecule has 0 fully saturated rings. The molecule has 10 heteroatoms. The second-order valence-corrected chi connectivity index (χ2v) is 8.94. The lowest BCUT2D eigenvalue weighted by Crippen LogP contribution is -2.26. The zero-order valence-corrected chi connectivity index (χ0v) is 19.9. The Morgan fingerprint density at radius 1 is 0.889 bits per heavy atom. The maximum absolute atomic E-state index is 13.0. The SMILES string of the molecule is COc1ccc(C2=C(c3ccc(C(F)(F)F)cc3)SC(COc3ccc(OCC(=O)O)cc3)N2)cc1. The summed E-state index contributed by atoms with van der Waals surface area (Å²) >= 11 is 1.46. The van der Waals surface area contributed by atoms with Crippen LogP contribution in [0.4, 0.5) is 13.2 Å². The summed E-state index contributed by atoms with van der Waals surface area (Å²) in [5.41, 5.74) is 1.60. The number of benzene rings is 3. The number of thioether (sulfide) groups is 1. The number of nitrogens with one attached hydrogen (secondary N) is 1. The first-order valence-corrected chi connectivity index (χ1v) is 11.7. The van der Waals surface area contributed by atoms with Gasteiger partial charge in [0, 0.05) is 4.91 Å². The molecule has 1 atom stereocenters. The Morgan fingerprint density at radius 3 is 2.00 bits per heavy atom. The normalized spacial score (nSPS) is 15.4. The fourth-order valence-electron chi connectivity index (χ4n) is 3.48. The molecule has 1 heterocycles. The predicted molar refractivity (Wildman–Crippen MR) is 131 cm³/mol. The lowest BCUT2D eigenvalue weighted by atomic mass is 10.1. The molecule has 0 amide bonds. The second-order valence-electron chi connectivity index (χ2n) is 7.72. The molecule has 0 aromatic heterocycles. The average molecular weight is 518 g/mol. The third kappa shape index (κ3) is 6.25. The van der Waals surface area contributed by atoms with Crippen LogP contribution in [0.1, 0.15) is 16.7 Å². The van der Waals surface area contributed by atoms with E-state index < -0.39 is 24.3 Å². The van der Waals surface area contributed by atoms with E-state index in [1.54, 1.807) is 31.4 Å². The van der Waals surface area contributed by atoms with E-state index in [9.17, 15) is 18.0 Å². The Bertz CT molecular complexity index is 1230. The van der Waals surface area contributed by atoms with Crippen LogP contribution in [0, 0.1) is 0 Å². The van der Waals surface area contributed by atoms with E-state index >= 15 is 0 Å². The zero-order chi connectivity index (χ0) is 25.7. The predicted octanol–water partition coefficient (Wildman–Crippen LogP) is 5.74. The number of carboxylic acids is 1. The van der Waals surface area contributed by atoms with E-state index in [0.29, 0.717) is 22.8 Å². The number of halogens is 3. The molecule has 1 unspecified atom stereocenters. The van der Waals surface area contributed by atoms with Crippen molar-refractivity contribution in [2.75, 3.05) is 20.3 Å². The van der Waals surface area contributed by atoms with Gasteiger partial charge in [0.15, 0.2) is 6.61 Å². The molecule has 6 nitrogen and oxygen atoms in total. The summed E-state index contributed by atoms with van der Waals surface area (Å²) in [6.45, 7) is -0.168. The Labute approximate surface area is 209 Å². The highest BCUT2D eigenvalue weighted by molar-refractivity contribution is 8.09. The molecule has 0 saturated carbocycles. The van der Waals surface area contributed by atoms with Crippen LogP contribution in [0.2, 0.25) is 0 Å². The minimum atomic E-state index is -4.41. The van der Waals surface area contributed by atoms with Gasteiger partial charge in [-0.3, -0.25) is 0 Å². The van der Waals surface area contributed by atoms with Gasteiger partial charge < -0.3 is 24.6 Å². The summed E-state index contributed by atoms with van der Waals surface area (Å²) in [5, 5.41) is 11.9. The summed E-state index contributed by atoms with van der Waals surface area (Å²) < 4.78 is 55.4. The number of hydrogen-bond acceptors (Lipinski definition) is 6. The van der Waals surface area contributed by atoms with Crippen molar-refractivity contribution in [3.05, 3.63) is 89.5 Å². The molecule has 36 heavy (non-hydrogen) atoms. The highest BCUT2D eigenvalue weighted by Gasteiger charge is 2.31. The standard InChI is InChI=1S/C26H22F3NO5S/c1-33-19-8-4-16(5-9-19)24-25(17-2-6-18(7-3-17)26(27,28)29)36-22(30-24)14-34-20-10-12-21(13-11-20)35-15-23(31)32/h2-13,22,30H,14-15H2,1H3,(H,31,32). The van der Waals surface area contributed by atoms with Gasteiger partial charge in [0.25, 0.3) is 0 Å². The number of methoxy groups -OCH3 is 1. The van der Waals surface area contributed by atoms with Crippen LogP contribution in [0.15, 0.2) is 72.8 Å². The molecule has 2 N–H and O–H groups in total. The summed E-state index contributed by atoms with van der Waals surface area (Å²) in [5.74, 6) is 0.598. The van der Waals surface area contributed by atoms with Gasteiger partial charge in [0.1, 0.15) is 29.2 Å². The van der Waals surface area contributed by atoms with E-state index in [4.69, 9.17) is 19.3 Å². The molecule has 188 valence electrons. The largest absolute Gasteiger partial charge is 0.497 e. The molecule has 4 rings (SSSR count). The molecule has 1 aliphatic rings. The molecule has 0 aliphatic carbocycles. The van der Waals surface area contributed by atoms with Crippen molar-refractivity contribution in [2.24, 2.45) is 0 Å². The first kappa shape index (κ1) is 25.3. The van der Waals surface area contributed by atoms with Crippen LogP contribution in [0.3, 0.4) is 0 Å². The third-order valence-corrected chi connectivity index (χ3v) is 6.45. The maximum atomic E-state index is 13.0. The quantitative estimate of drug-likeness (QED) is 0.375. The highest BCUT2D eigenvalue weighted by Crippen LogP contribution is 2.43. The van der Waals surface area contributed by atoms with Gasteiger partial charge >= 0.3 is 12.1 Å². The fourth-order valence-corrected chi connectivity index (χ4v) is 4.64. The van der Waals surface area contributed by atoms with E-state index in [1.807, 2.05) is 24.3 Å². The molecule has 0 spiro atoms. The Hall–Kier alpha value is -3.79. The fraction of sp³-hybridized carbons (Fsp3) is 0.192. The number of hydrogen-bond donors (Lipinski definition) is 2. The van der Waals surface area contributed by atoms with Gasteiger partial charge in [-0.1, -0.05) is 23.9 Å². The van der Waals surface area contributed by atoms with Gasteiger partial charge in [-0.25, -0.2) is 4.79 Å². The van der Waals surface area contributed by atoms with Crippen LogP contribution < -0.4 is 19.5 Å². The number of ether oxygens (including phenoxy) is 3. The van der Waals surface area contributed by atoms with Crippen molar-refractivity contribution in [2.45, 2.75) is 11.6 Å². The number of carbonyl (C=O) groups is 1. The van der Waals surface area contributed by atoms with Crippen molar-refractivity contribution >= 4 is 28.3 Å². The van der Waals surface area contributed by atoms with Gasteiger partial charge in [-0.2, -0.15) is 13.2 Å². The van der Waals surface area contributed by atoms with Gasteiger partial charge in [0.05, 0.1) is 18.4 Å². The van der Waals surface area contributed by atoms with Crippen LogP contribution in [-0.2, 0) is 11.0 Å². The monoisotopic (exact) mass is 517 g/mol. The lowest BCUT2D eigenvalue weighted by molar-refractivity contribution is -0.139. The number of aliphatic carboxylic acids is 1. The molecule has 0 saturated heterocycles. The third-order valence-electron chi connectivity index (χ3n) is 5.23. The summed E-state index contributed by atoms with van der Waals surface area (Å²) in [6.07, 6.45) is -4.41. The van der Waals surface area contributed by atoms with Crippen molar-refractivity contribution < 1.29 is 37.3 Å². The molecule has 1 aliphatic heterocycles. The van der Waals surface area contributed by atoms with Crippen LogP contribution in [0.25, 0.3) is 10.6 Å². The van der Waals surface area contributed by atoms with Crippen molar-refractivity contribution in [1.29, 1.82) is 0 Å². The van der Waals surface area contributed by atoms with E-state index in [0.717, 1.165) is 28.3 Å². The summed E-state index contributed by atoms with van der Waals surface area (Å²) in [4.78, 5) is 11.4. The minimum absolute atomic E-state index is 0.206. The maximum Gasteiger partial charge on any atom is 0.416 e. The first-order chi connectivity index (χ1) is 17.2. The van der Waals surface area contributed by atoms with Gasteiger partial charge in [-0.05, 0) is 71.8 Å². The molecule has 3 aromatic rings. The van der Waals surface area contributed by atoms with Crippen LogP contribution >= 0.6 is 11.8 Å².